The molecule has 0 unspecified atom stereocenters. The zero-order chi connectivity index (χ0) is 9.56. The van der Waals surface area contributed by atoms with Crippen LogP contribution in [0.4, 0.5) is 0 Å². The summed E-state index contributed by atoms with van der Waals surface area (Å²) < 4.78 is 0. The van der Waals surface area contributed by atoms with Gasteiger partial charge < -0.3 is 11.5 Å². The van der Waals surface area contributed by atoms with E-state index in [1.165, 1.54) is 6.92 Å². The summed E-state index contributed by atoms with van der Waals surface area (Å²) in [6, 6.07) is 0. The zero-order valence-corrected chi connectivity index (χ0v) is 7.03. The molecule has 6 nitrogen and oxygen atoms in total. The summed E-state index contributed by atoms with van der Waals surface area (Å²) in [7, 11) is 0. The number of carbonyl (C=O) groups is 1. The molecule has 0 bridgehead atoms. The van der Waals surface area contributed by atoms with Crippen LogP contribution in [0.2, 0.25) is 0 Å². The highest BCUT2D eigenvalue weighted by atomic mass is 16.5. The average Bonchev–Trinajstić information content (AvgIpc) is 1.97. The first kappa shape index (κ1) is 10.7. The number of amides is 1. The Morgan fingerprint density at radius 3 is 2.58 bits per heavy atom. The molecular weight excluding hydrogens is 160 g/mol. The second kappa shape index (κ2) is 5.36. The Labute approximate surface area is 70.8 Å². The summed E-state index contributed by atoms with van der Waals surface area (Å²) in [5.41, 5.74) is 10.1. The van der Waals surface area contributed by atoms with Crippen LogP contribution in [0, 0.1) is 0 Å². The molecule has 0 aliphatic heterocycles. The molecule has 0 spiro atoms. The number of nitrogens with zero attached hydrogens (tertiary/aromatic N) is 2. The highest BCUT2D eigenvalue weighted by molar-refractivity contribution is 5.75. The Balaban J connectivity index is 3.44. The van der Waals surface area contributed by atoms with Gasteiger partial charge in [-0.3, -0.25) is 15.0 Å². The quantitative estimate of drug-likeness (QED) is 0.165. The van der Waals surface area contributed by atoms with E-state index < -0.39 is 0 Å². The van der Waals surface area contributed by atoms with Gasteiger partial charge >= 0.3 is 0 Å². The number of guanidine groups is 1. The Morgan fingerprint density at radius 1 is 1.58 bits per heavy atom. The van der Waals surface area contributed by atoms with Crippen LogP contribution in [0.1, 0.15) is 13.3 Å². The first-order valence-electron chi connectivity index (χ1n) is 3.56. The van der Waals surface area contributed by atoms with Crippen molar-refractivity contribution in [1.29, 1.82) is 0 Å². The molecule has 0 aromatic heterocycles. The molecule has 0 heterocycles. The summed E-state index contributed by atoms with van der Waals surface area (Å²) in [6.07, 6.45) is 0.536. The minimum atomic E-state index is -0.389. The third-order valence-electron chi connectivity index (χ3n) is 1.19. The van der Waals surface area contributed by atoms with Crippen LogP contribution in [0.5, 0.6) is 0 Å². The largest absolute Gasteiger partial charge is 0.370 e. The number of hydrogen-bond acceptors (Lipinski definition) is 3. The van der Waals surface area contributed by atoms with E-state index >= 15 is 0 Å². The van der Waals surface area contributed by atoms with E-state index in [0.29, 0.717) is 18.0 Å². The van der Waals surface area contributed by atoms with E-state index in [0.717, 1.165) is 0 Å². The van der Waals surface area contributed by atoms with E-state index in [9.17, 15) is 4.79 Å². The monoisotopic (exact) mass is 174 g/mol. The van der Waals surface area contributed by atoms with Crippen molar-refractivity contribution in [2.45, 2.75) is 13.3 Å². The van der Waals surface area contributed by atoms with Crippen LogP contribution in [0.15, 0.2) is 4.99 Å². The molecule has 0 saturated carbocycles. The topological polar surface area (TPSA) is 105 Å². The molecule has 0 rings (SSSR count). The third kappa shape index (κ3) is 5.48. The van der Waals surface area contributed by atoms with Crippen molar-refractivity contribution in [2.24, 2.45) is 16.5 Å². The van der Waals surface area contributed by atoms with E-state index in [4.69, 9.17) is 16.7 Å². The highest BCUT2D eigenvalue weighted by Gasteiger charge is 2.01. The fourth-order valence-electron chi connectivity index (χ4n) is 0.586. The number of carbonyl (C=O) groups excluding carboxylic acids is 1. The lowest BCUT2D eigenvalue weighted by molar-refractivity contribution is -0.162. The molecule has 6 heteroatoms. The van der Waals surface area contributed by atoms with Gasteiger partial charge in [-0.2, -0.15) is 0 Å². The van der Waals surface area contributed by atoms with Gasteiger partial charge in [-0.1, -0.05) is 0 Å². The average molecular weight is 174 g/mol. The fourth-order valence-corrected chi connectivity index (χ4v) is 0.586. The van der Waals surface area contributed by atoms with Gasteiger partial charge in [0.05, 0.1) is 6.54 Å². The van der Waals surface area contributed by atoms with Crippen molar-refractivity contribution in [3.8, 4) is 0 Å². The molecule has 0 saturated heterocycles. The molecule has 0 aromatic rings. The van der Waals surface area contributed by atoms with Crippen LogP contribution in [-0.2, 0) is 4.79 Å². The molecular formula is C6H14N4O2. The lowest BCUT2D eigenvalue weighted by Gasteiger charge is -2.10. The van der Waals surface area contributed by atoms with Gasteiger partial charge in [0.15, 0.2) is 5.96 Å². The normalized spacial score (nSPS) is 9.17. The van der Waals surface area contributed by atoms with E-state index in [-0.39, 0.29) is 18.4 Å². The molecule has 0 radical (unpaired) electrons. The molecule has 0 fully saturated rings. The third-order valence-corrected chi connectivity index (χ3v) is 1.19. The molecule has 70 valence electrons. The van der Waals surface area contributed by atoms with Crippen molar-refractivity contribution in [1.82, 2.24) is 5.06 Å². The van der Waals surface area contributed by atoms with Crippen LogP contribution >= 0.6 is 0 Å². The predicted molar refractivity (Wildman–Crippen MR) is 44.5 cm³/mol. The Hall–Kier alpha value is -1.30. The predicted octanol–water partition coefficient (Wildman–Crippen LogP) is -1.11. The van der Waals surface area contributed by atoms with E-state index in [1.54, 1.807) is 0 Å². The summed E-state index contributed by atoms with van der Waals surface area (Å²) in [5.74, 6) is -0.373. The molecule has 0 aliphatic rings. The maximum atomic E-state index is 10.5. The molecule has 5 N–H and O–H groups in total. The summed E-state index contributed by atoms with van der Waals surface area (Å²) >= 11 is 0. The lowest BCUT2D eigenvalue weighted by atomic mass is 10.4. The van der Waals surface area contributed by atoms with Gasteiger partial charge in [-0.15, -0.1) is 0 Å². The van der Waals surface area contributed by atoms with Gasteiger partial charge in [0.25, 0.3) is 0 Å². The highest BCUT2D eigenvalue weighted by Crippen LogP contribution is 1.87. The second-order valence-corrected chi connectivity index (χ2v) is 2.30. The molecule has 0 aliphatic carbocycles. The van der Waals surface area contributed by atoms with Crippen molar-refractivity contribution >= 4 is 11.9 Å². The van der Waals surface area contributed by atoms with Gasteiger partial charge in [-0.25, -0.2) is 5.06 Å². The van der Waals surface area contributed by atoms with E-state index in [2.05, 4.69) is 4.99 Å². The zero-order valence-electron chi connectivity index (χ0n) is 7.03. The van der Waals surface area contributed by atoms with Crippen LogP contribution < -0.4 is 11.5 Å². The smallest absolute Gasteiger partial charge is 0.242 e. The minimum absolute atomic E-state index is 0.0160. The number of nitrogens with two attached hydrogens (primary N) is 2. The molecule has 1 amide bonds. The number of rotatable bonds is 4. The SMILES string of the molecule is CC(=O)N(O)CCCN=C(N)N. The first-order chi connectivity index (χ1) is 5.54. The lowest BCUT2D eigenvalue weighted by Crippen LogP contribution is -2.27. The molecule has 0 aromatic carbocycles. The number of hydroxylamine groups is 2. The van der Waals surface area contributed by atoms with Crippen molar-refractivity contribution in [3.05, 3.63) is 0 Å². The Kier molecular flexibility index (Phi) is 4.78. The number of hydrogen-bond donors (Lipinski definition) is 3. The summed E-state index contributed by atoms with van der Waals surface area (Å²) in [6.45, 7) is 1.93. The van der Waals surface area contributed by atoms with Gasteiger partial charge in [0.1, 0.15) is 0 Å². The van der Waals surface area contributed by atoms with Crippen molar-refractivity contribution < 1.29 is 10.0 Å². The standard InChI is InChI=1S/C6H14N4O2/c1-5(11)10(12)4-2-3-9-6(7)8/h12H,2-4H2,1H3,(H4,7,8,9). The van der Waals surface area contributed by atoms with E-state index in [1.807, 2.05) is 0 Å². The van der Waals surface area contributed by atoms with Crippen molar-refractivity contribution in [2.75, 3.05) is 13.1 Å². The Bertz CT molecular complexity index is 176. The Morgan fingerprint density at radius 2 is 2.17 bits per heavy atom. The summed E-state index contributed by atoms with van der Waals surface area (Å²) in [5, 5.41) is 9.49. The van der Waals surface area contributed by atoms with Crippen LogP contribution in [0.3, 0.4) is 0 Å². The van der Waals surface area contributed by atoms with Gasteiger partial charge in [-0.05, 0) is 6.42 Å². The number of aliphatic imine (C=N–C) groups is 1. The van der Waals surface area contributed by atoms with Gasteiger partial charge in [0.2, 0.25) is 5.91 Å². The maximum absolute atomic E-state index is 10.5. The first-order valence-corrected chi connectivity index (χ1v) is 3.56. The van der Waals surface area contributed by atoms with Crippen LogP contribution in [-0.4, -0.2) is 35.2 Å². The van der Waals surface area contributed by atoms with Crippen LogP contribution in [0.25, 0.3) is 0 Å². The summed E-state index contributed by atoms with van der Waals surface area (Å²) in [4.78, 5) is 14.1. The minimum Gasteiger partial charge on any atom is -0.370 e. The maximum Gasteiger partial charge on any atom is 0.242 e. The fraction of sp³-hybridized carbons (Fsp3) is 0.667. The van der Waals surface area contributed by atoms with Gasteiger partial charge in [0, 0.05) is 13.5 Å². The van der Waals surface area contributed by atoms with Crippen molar-refractivity contribution in [3.63, 3.8) is 0 Å². The molecule has 12 heavy (non-hydrogen) atoms. The second-order valence-electron chi connectivity index (χ2n) is 2.30. The molecule has 0 atom stereocenters.